The second-order valence-corrected chi connectivity index (χ2v) is 7.13. The fourth-order valence-corrected chi connectivity index (χ4v) is 2.78. The van der Waals surface area contributed by atoms with Crippen molar-refractivity contribution in [2.24, 2.45) is 11.8 Å². The molecule has 1 aromatic heterocycles. The molecule has 1 fully saturated rings. The van der Waals surface area contributed by atoms with Gasteiger partial charge in [-0.2, -0.15) is 13.2 Å². The third-order valence-electron chi connectivity index (χ3n) is 4.55. The lowest BCUT2D eigenvalue weighted by Crippen LogP contribution is -2.47. The highest BCUT2D eigenvalue weighted by Gasteiger charge is 2.45. The van der Waals surface area contributed by atoms with E-state index in [1.54, 1.807) is 0 Å². The molecule has 146 valence electrons. The Labute approximate surface area is 149 Å². The molecule has 0 aliphatic heterocycles. The fraction of sp³-hybridized carbons (Fsp3) is 0.706. The monoisotopic (exact) mass is 375 g/mol. The predicted octanol–water partition coefficient (Wildman–Crippen LogP) is 3.14. The van der Waals surface area contributed by atoms with Crippen LogP contribution in [0.3, 0.4) is 0 Å². The number of amides is 2. The summed E-state index contributed by atoms with van der Waals surface area (Å²) < 4.78 is 41.8. The number of alkyl halides is 3. The highest BCUT2D eigenvalue weighted by Crippen LogP contribution is 2.35. The summed E-state index contributed by atoms with van der Waals surface area (Å²) in [6.07, 6.45) is -1.10. The number of hydrogen-bond donors (Lipinski definition) is 2. The minimum Gasteiger partial charge on any atom is -0.441 e. The average molecular weight is 375 g/mol. The maximum atomic E-state index is 12.5. The molecule has 2 N–H and O–H groups in total. The van der Waals surface area contributed by atoms with Crippen molar-refractivity contribution in [3.05, 3.63) is 17.8 Å². The van der Waals surface area contributed by atoms with Gasteiger partial charge in [0.2, 0.25) is 5.91 Å². The molecule has 2 amide bonds. The van der Waals surface area contributed by atoms with E-state index >= 15 is 0 Å². The summed E-state index contributed by atoms with van der Waals surface area (Å²) in [6, 6.07) is 0. The Kier molecular flexibility index (Phi) is 5.98. The van der Waals surface area contributed by atoms with Gasteiger partial charge in [-0.05, 0) is 25.2 Å². The van der Waals surface area contributed by atoms with E-state index in [-0.39, 0.29) is 24.3 Å². The summed E-state index contributed by atoms with van der Waals surface area (Å²) in [4.78, 5) is 27.6. The zero-order valence-corrected chi connectivity index (χ0v) is 15.1. The molecule has 26 heavy (non-hydrogen) atoms. The van der Waals surface area contributed by atoms with Gasteiger partial charge < -0.3 is 15.1 Å². The fourth-order valence-electron chi connectivity index (χ4n) is 2.78. The quantitative estimate of drug-likeness (QED) is 0.731. The van der Waals surface area contributed by atoms with Gasteiger partial charge in [0.05, 0.1) is 5.54 Å². The van der Waals surface area contributed by atoms with Crippen LogP contribution in [0.2, 0.25) is 0 Å². The van der Waals surface area contributed by atoms with Gasteiger partial charge in [-0.1, -0.05) is 27.2 Å². The molecular weight excluding hydrogens is 351 g/mol. The maximum absolute atomic E-state index is 12.5. The van der Waals surface area contributed by atoms with Gasteiger partial charge in [-0.3, -0.25) is 9.59 Å². The lowest BCUT2D eigenvalue weighted by atomic mass is 9.90. The van der Waals surface area contributed by atoms with E-state index in [1.807, 2.05) is 20.8 Å². The van der Waals surface area contributed by atoms with Gasteiger partial charge in [-0.15, -0.1) is 0 Å². The minimum atomic E-state index is -4.74. The van der Waals surface area contributed by atoms with Crippen LogP contribution >= 0.6 is 0 Å². The summed E-state index contributed by atoms with van der Waals surface area (Å²) >= 11 is 0. The molecule has 1 saturated carbocycles. The van der Waals surface area contributed by atoms with Crippen molar-refractivity contribution in [3.63, 3.8) is 0 Å². The number of halogens is 3. The summed E-state index contributed by atoms with van der Waals surface area (Å²) in [6.45, 7) is 6.22. The predicted molar refractivity (Wildman–Crippen MR) is 87.2 cm³/mol. The Balaban J connectivity index is 1.92. The molecule has 1 aromatic rings. The van der Waals surface area contributed by atoms with Gasteiger partial charge in [-0.25, -0.2) is 4.98 Å². The van der Waals surface area contributed by atoms with Gasteiger partial charge in [0, 0.05) is 12.5 Å². The number of nitrogens with zero attached hydrogens (tertiary/aromatic N) is 1. The number of rotatable bonds is 8. The van der Waals surface area contributed by atoms with Crippen LogP contribution in [0.15, 0.2) is 10.7 Å². The SMILES string of the molecule is CCCC(C(=O)NCC1(NC(=O)c2coc(C(F)(F)F)n2)CC1)C(C)C. The summed E-state index contributed by atoms with van der Waals surface area (Å²) in [5.74, 6) is -2.17. The summed E-state index contributed by atoms with van der Waals surface area (Å²) in [7, 11) is 0. The molecule has 9 heteroatoms. The zero-order valence-electron chi connectivity index (χ0n) is 15.1. The molecule has 1 aliphatic carbocycles. The summed E-state index contributed by atoms with van der Waals surface area (Å²) in [5.41, 5.74) is -1.06. The van der Waals surface area contributed by atoms with Crippen LogP contribution in [0.25, 0.3) is 0 Å². The van der Waals surface area contributed by atoms with Crippen LogP contribution in [0.5, 0.6) is 0 Å². The smallest absolute Gasteiger partial charge is 0.441 e. The van der Waals surface area contributed by atoms with Gasteiger partial charge in [0.1, 0.15) is 6.26 Å². The Hall–Kier alpha value is -2.06. The third kappa shape index (κ3) is 4.98. The van der Waals surface area contributed by atoms with Crippen molar-refractivity contribution < 1.29 is 27.2 Å². The molecule has 0 spiro atoms. The van der Waals surface area contributed by atoms with Crippen molar-refractivity contribution in [2.45, 2.75) is 58.2 Å². The van der Waals surface area contributed by atoms with Crippen molar-refractivity contribution in [2.75, 3.05) is 6.54 Å². The van der Waals surface area contributed by atoms with Gasteiger partial charge >= 0.3 is 12.1 Å². The van der Waals surface area contributed by atoms with E-state index in [4.69, 9.17) is 0 Å². The van der Waals surface area contributed by atoms with Crippen LogP contribution in [0.4, 0.5) is 13.2 Å². The number of hydrogen-bond acceptors (Lipinski definition) is 4. The second-order valence-electron chi connectivity index (χ2n) is 7.13. The molecule has 1 heterocycles. The standard InChI is InChI=1S/C17H24F3N3O3/c1-4-5-11(10(2)3)13(24)21-9-16(6-7-16)23-14(25)12-8-26-15(22-12)17(18,19)20/h8,10-11H,4-7,9H2,1-3H3,(H,21,24)(H,23,25). The van der Waals surface area contributed by atoms with Crippen LogP contribution < -0.4 is 10.6 Å². The zero-order chi connectivity index (χ0) is 19.5. The number of aromatic nitrogens is 1. The normalized spacial score (nSPS) is 17.0. The lowest BCUT2D eigenvalue weighted by Gasteiger charge is -2.22. The number of carbonyl (C=O) groups excluding carboxylic acids is 2. The highest BCUT2D eigenvalue weighted by atomic mass is 19.4. The first-order chi connectivity index (χ1) is 12.1. The van der Waals surface area contributed by atoms with Gasteiger partial charge in [0.15, 0.2) is 5.69 Å². The summed E-state index contributed by atoms with van der Waals surface area (Å²) in [5, 5.41) is 5.52. The minimum absolute atomic E-state index is 0.0665. The Morgan fingerprint density at radius 2 is 2.00 bits per heavy atom. The number of carbonyl (C=O) groups is 2. The Morgan fingerprint density at radius 1 is 1.35 bits per heavy atom. The number of oxazole rings is 1. The molecule has 1 atom stereocenters. The third-order valence-corrected chi connectivity index (χ3v) is 4.55. The van der Waals surface area contributed by atoms with E-state index in [0.717, 1.165) is 12.8 Å². The largest absolute Gasteiger partial charge is 0.468 e. The molecule has 0 aromatic carbocycles. The second kappa shape index (κ2) is 7.67. The molecule has 6 nitrogen and oxygen atoms in total. The van der Waals surface area contributed by atoms with E-state index in [0.29, 0.717) is 19.1 Å². The first-order valence-electron chi connectivity index (χ1n) is 8.71. The van der Waals surface area contributed by atoms with Gasteiger partial charge in [0.25, 0.3) is 5.91 Å². The van der Waals surface area contributed by atoms with Crippen molar-refractivity contribution >= 4 is 11.8 Å². The van der Waals surface area contributed by atoms with Crippen molar-refractivity contribution in [3.8, 4) is 0 Å². The van der Waals surface area contributed by atoms with Crippen LogP contribution in [0, 0.1) is 11.8 Å². The van der Waals surface area contributed by atoms with Crippen molar-refractivity contribution in [1.29, 1.82) is 0 Å². The van der Waals surface area contributed by atoms with E-state index in [2.05, 4.69) is 20.0 Å². The molecular formula is C17H24F3N3O3. The topological polar surface area (TPSA) is 84.2 Å². The molecule has 0 bridgehead atoms. The van der Waals surface area contributed by atoms with Crippen LogP contribution in [-0.2, 0) is 11.0 Å². The molecule has 0 radical (unpaired) electrons. The van der Waals surface area contributed by atoms with Crippen LogP contribution in [0.1, 0.15) is 62.8 Å². The molecule has 1 aliphatic rings. The van der Waals surface area contributed by atoms with E-state index < -0.39 is 29.2 Å². The highest BCUT2D eigenvalue weighted by molar-refractivity contribution is 5.92. The average Bonchev–Trinajstić information content (AvgIpc) is 3.10. The molecule has 1 unspecified atom stereocenters. The first kappa shape index (κ1) is 20.3. The Bertz CT molecular complexity index is 651. The van der Waals surface area contributed by atoms with E-state index in [9.17, 15) is 22.8 Å². The lowest BCUT2D eigenvalue weighted by molar-refractivity contribution is -0.157. The molecule has 2 rings (SSSR count). The number of nitrogens with one attached hydrogen (secondary N) is 2. The van der Waals surface area contributed by atoms with E-state index in [1.165, 1.54) is 0 Å². The van der Waals surface area contributed by atoms with Crippen LogP contribution in [-0.4, -0.2) is 28.9 Å². The van der Waals surface area contributed by atoms with Crippen molar-refractivity contribution in [1.82, 2.24) is 15.6 Å². The first-order valence-corrected chi connectivity index (χ1v) is 8.71. The maximum Gasteiger partial charge on any atom is 0.468 e. The molecule has 0 saturated heterocycles. The Morgan fingerprint density at radius 3 is 2.46 bits per heavy atom.